The fourth-order valence-electron chi connectivity index (χ4n) is 3.93. The molecule has 0 aliphatic carbocycles. The normalized spacial score (nSPS) is 22.3. The van der Waals surface area contributed by atoms with Gasteiger partial charge in [-0.05, 0) is 43.9 Å². The number of phenols is 1. The molecule has 0 saturated carbocycles. The highest BCUT2D eigenvalue weighted by Gasteiger charge is 2.30. The lowest BCUT2D eigenvalue weighted by Crippen LogP contribution is -2.43. The van der Waals surface area contributed by atoms with E-state index >= 15 is 0 Å². The summed E-state index contributed by atoms with van der Waals surface area (Å²) in [5.41, 5.74) is 0.734. The molecule has 0 aromatic heterocycles. The number of likely N-dealkylation sites (tertiary alicyclic amines) is 2. The third-order valence-corrected chi connectivity index (χ3v) is 5.26. The van der Waals surface area contributed by atoms with Gasteiger partial charge >= 0.3 is 0 Å². The molecule has 2 saturated heterocycles. The van der Waals surface area contributed by atoms with Gasteiger partial charge in [0.05, 0.1) is 0 Å². The van der Waals surface area contributed by atoms with E-state index in [9.17, 15) is 19.1 Å². The van der Waals surface area contributed by atoms with Gasteiger partial charge in [0, 0.05) is 50.5 Å². The van der Waals surface area contributed by atoms with Crippen LogP contribution in [-0.4, -0.2) is 52.4 Å². The fraction of sp³-hybridized carbons (Fsp3) is 0.579. The van der Waals surface area contributed by atoms with E-state index in [0.717, 1.165) is 37.4 Å². The lowest BCUT2D eigenvalue weighted by Gasteiger charge is -2.34. The predicted octanol–water partition coefficient (Wildman–Crippen LogP) is 2.64. The number of benzene rings is 1. The minimum atomic E-state index is -0.459. The van der Waals surface area contributed by atoms with Crippen molar-refractivity contribution in [1.29, 1.82) is 0 Å². The molecule has 0 bridgehead atoms. The Bertz CT molecular complexity index is 644. The summed E-state index contributed by atoms with van der Waals surface area (Å²) in [5.74, 6) is -0.341. The average Bonchev–Trinajstić information content (AvgIpc) is 3.00. The molecule has 1 aromatic rings. The molecule has 2 atom stereocenters. The van der Waals surface area contributed by atoms with Crippen molar-refractivity contribution in [2.24, 2.45) is 0 Å². The van der Waals surface area contributed by atoms with Gasteiger partial charge in [-0.25, -0.2) is 4.39 Å². The van der Waals surface area contributed by atoms with Gasteiger partial charge in [-0.1, -0.05) is 0 Å². The molecule has 5 nitrogen and oxygen atoms in total. The van der Waals surface area contributed by atoms with Gasteiger partial charge in [0.25, 0.3) is 0 Å². The van der Waals surface area contributed by atoms with Crippen molar-refractivity contribution in [2.75, 3.05) is 19.6 Å². The summed E-state index contributed by atoms with van der Waals surface area (Å²) in [6.45, 7) is 3.88. The number of rotatable bonds is 4. The monoisotopic (exact) mass is 348 g/mol. The molecule has 25 heavy (non-hydrogen) atoms. The van der Waals surface area contributed by atoms with Gasteiger partial charge in [0.15, 0.2) is 0 Å². The Hall–Kier alpha value is -2.11. The summed E-state index contributed by atoms with van der Waals surface area (Å²) in [5, 5.41) is 9.61. The summed E-state index contributed by atoms with van der Waals surface area (Å²) >= 11 is 0. The van der Waals surface area contributed by atoms with Crippen LogP contribution in [0.5, 0.6) is 5.75 Å². The summed E-state index contributed by atoms with van der Waals surface area (Å²) in [6.07, 6.45) is 3.49. The van der Waals surface area contributed by atoms with Crippen LogP contribution >= 0.6 is 0 Å². The van der Waals surface area contributed by atoms with E-state index in [-0.39, 0.29) is 29.5 Å². The summed E-state index contributed by atoms with van der Waals surface area (Å²) in [7, 11) is 0. The first-order valence-electron chi connectivity index (χ1n) is 9.00. The van der Waals surface area contributed by atoms with E-state index < -0.39 is 5.82 Å². The predicted molar refractivity (Wildman–Crippen MR) is 91.6 cm³/mol. The number of hydrogen-bond acceptors (Lipinski definition) is 3. The van der Waals surface area contributed by atoms with E-state index in [2.05, 4.69) is 0 Å². The van der Waals surface area contributed by atoms with Crippen molar-refractivity contribution >= 4 is 11.8 Å². The zero-order valence-corrected chi connectivity index (χ0v) is 14.6. The van der Waals surface area contributed by atoms with Crippen molar-refractivity contribution in [3.05, 3.63) is 29.6 Å². The van der Waals surface area contributed by atoms with Crippen LogP contribution in [0.2, 0.25) is 0 Å². The molecule has 2 heterocycles. The molecular formula is C19H25FN2O3. The molecule has 2 unspecified atom stereocenters. The molecule has 1 aromatic carbocycles. The summed E-state index contributed by atoms with van der Waals surface area (Å²) < 4.78 is 13.5. The molecule has 6 heteroatoms. The van der Waals surface area contributed by atoms with Gasteiger partial charge in [0.1, 0.15) is 11.6 Å². The molecule has 1 N–H and O–H groups in total. The number of aromatic hydroxyl groups is 1. The highest BCUT2D eigenvalue weighted by Crippen LogP contribution is 2.30. The topological polar surface area (TPSA) is 60.9 Å². The molecule has 2 aliphatic heterocycles. The van der Waals surface area contributed by atoms with Crippen molar-refractivity contribution in [2.45, 2.75) is 51.0 Å². The summed E-state index contributed by atoms with van der Waals surface area (Å²) in [6, 6.07) is 4.02. The van der Waals surface area contributed by atoms with Crippen LogP contribution in [0, 0.1) is 5.82 Å². The maximum Gasteiger partial charge on any atom is 0.224 e. The van der Waals surface area contributed by atoms with E-state index in [0.29, 0.717) is 25.9 Å². The molecule has 2 fully saturated rings. The number of carbonyl (C=O) groups is 2. The van der Waals surface area contributed by atoms with Crippen LogP contribution in [0.25, 0.3) is 0 Å². The lowest BCUT2D eigenvalue weighted by molar-refractivity contribution is -0.135. The third kappa shape index (κ3) is 4.11. The van der Waals surface area contributed by atoms with E-state index in [1.807, 2.05) is 11.8 Å². The van der Waals surface area contributed by atoms with Crippen LogP contribution in [0.15, 0.2) is 18.2 Å². The van der Waals surface area contributed by atoms with E-state index in [1.54, 1.807) is 11.0 Å². The van der Waals surface area contributed by atoms with Crippen molar-refractivity contribution < 1.29 is 19.1 Å². The van der Waals surface area contributed by atoms with Gasteiger partial charge in [0.2, 0.25) is 11.8 Å². The van der Waals surface area contributed by atoms with Crippen LogP contribution < -0.4 is 0 Å². The molecule has 0 radical (unpaired) electrons. The van der Waals surface area contributed by atoms with Gasteiger partial charge in [-0.15, -0.1) is 0 Å². The van der Waals surface area contributed by atoms with Gasteiger partial charge < -0.3 is 14.9 Å². The zero-order valence-electron chi connectivity index (χ0n) is 14.6. The Morgan fingerprint density at radius 1 is 1.32 bits per heavy atom. The Labute approximate surface area is 147 Å². The average molecular weight is 348 g/mol. The fourth-order valence-corrected chi connectivity index (χ4v) is 3.93. The Kier molecular flexibility index (Phi) is 5.25. The largest absolute Gasteiger partial charge is 0.508 e. The lowest BCUT2D eigenvalue weighted by atomic mass is 9.90. The molecule has 2 aliphatic rings. The Balaban J connectivity index is 1.62. The Morgan fingerprint density at radius 2 is 2.12 bits per heavy atom. The first-order chi connectivity index (χ1) is 11.9. The molecule has 0 spiro atoms. The first-order valence-corrected chi connectivity index (χ1v) is 9.00. The molecule has 136 valence electrons. The second-order valence-electron chi connectivity index (χ2n) is 7.17. The second kappa shape index (κ2) is 7.42. The SMILES string of the molecule is CC(CC(=O)N1CCCC(c2cc(O)cc(F)c2)C1)N1CCCC1=O. The maximum atomic E-state index is 13.5. The van der Waals surface area contributed by atoms with Gasteiger partial charge in [-0.3, -0.25) is 9.59 Å². The number of nitrogens with zero attached hydrogens (tertiary/aromatic N) is 2. The van der Waals surface area contributed by atoms with E-state index in [4.69, 9.17) is 0 Å². The minimum absolute atomic E-state index is 0.0306. The molecular weight excluding hydrogens is 323 g/mol. The highest BCUT2D eigenvalue weighted by atomic mass is 19.1. The second-order valence-corrected chi connectivity index (χ2v) is 7.17. The number of halogens is 1. The van der Waals surface area contributed by atoms with Crippen molar-refractivity contribution in [3.8, 4) is 5.75 Å². The van der Waals surface area contributed by atoms with Gasteiger partial charge in [-0.2, -0.15) is 0 Å². The Morgan fingerprint density at radius 3 is 2.80 bits per heavy atom. The minimum Gasteiger partial charge on any atom is -0.508 e. The number of phenolic OH excluding ortho intramolecular Hbond substituents is 1. The van der Waals surface area contributed by atoms with Crippen LogP contribution in [-0.2, 0) is 9.59 Å². The smallest absolute Gasteiger partial charge is 0.224 e. The van der Waals surface area contributed by atoms with Crippen LogP contribution in [0.1, 0.15) is 50.5 Å². The maximum absolute atomic E-state index is 13.5. The molecule has 3 rings (SSSR count). The number of hydrogen-bond donors (Lipinski definition) is 1. The van der Waals surface area contributed by atoms with E-state index in [1.165, 1.54) is 6.07 Å². The third-order valence-electron chi connectivity index (χ3n) is 5.26. The number of piperidine rings is 1. The standard InChI is InChI=1S/C19H25FN2O3/c1-13(22-7-3-5-18(22)24)8-19(25)21-6-2-4-14(12-21)15-9-16(20)11-17(23)10-15/h9-11,13-14,23H,2-8,12H2,1H3. The summed E-state index contributed by atoms with van der Waals surface area (Å²) in [4.78, 5) is 28.1. The quantitative estimate of drug-likeness (QED) is 0.910. The number of carbonyl (C=O) groups excluding carboxylic acids is 2. The first kappa shape index (κ1) is 17.7. The van der Waals surface area contributed by atoms with Crippen molar-refractivity contribution in [1.82, 2.24) is 9.80 Å². The van der Waals surface area contributed by atoms with Crippen LogP contribution in [0.4, 0.5) is 4.39 Å². The van der Waals surface area contributed by atoms with Crippen LogP contribution in [0.3, 0.4) is 0 Å². The number of amides is 2. The molecule has 2 amide bonds. The van der Waals surface area contributed by atoms with Crippen molar-refractivity contribution in [3.63, 3.8) is 0 Å². The zero-order chi connectivity index (χ0) is 18.0. The highest BCUT2D eigenvalue weighted by molar-refractivity contribution is 5.81.